The maximum absolute atomic E-state index is 12.4. The Labute approximate surface area is 125 Å². The molecule has 5 nitrogen and oxygen atoms in total. The van der Waals surface area contributed by atoms with Gasteiger partial charge in [-0.2, -0.15) is 0 Å². The Morgan fingerprint density at radius 2 is 2.00 bits per heavy atom. The highest BCUT2D eigenvalue weighted by atomic mass is 32.2. The predicted molar refractivity (Wildman–Crippen MR) is 80.0 cm³/mol. The lowest BCUT2D eigenvalue weighted by Crippen LogP contribution is -2.56. The fourth-order valence-electron chi connectivity index (χ4n) is 2.18. The van der Waals surface area contributed by atoms with Crippen molar-refractivity contribution in [3.8, 4) is 5.75 Å². The van der Waals surface area contributed by atoms with E-state index in [4.69, 9.17) is 4.74 Å². The summed E-state index contributed by atoms with van der Waals surface area (Å²) < 4.78 is 29.8. The monoisotopic (exact) mass is 309 g/mol. The Kier molecular flexibility index (Phi) is 4.67. The van der Waals surface area contributed by atoms with Crippen LogP contribution < -0.4 is 4.74 Å². The second-order valence-electron chi connectivity index (χ2n) is 4.97. The second-order valence-corrected chi connectivity index (χ2v) is 7.20. The highest BCUT2D eigenvalue weighted by molar-refractivity contribution is 7.92. The van der Waals surface area contributed by atoms with Crippen LogP contribution in [0.1, 0.15) is 12.8 Å². The Morgan fingerprint density at radius 3 is 2.52 bits per heavy atom. The van der Waals surface area contributed by atoms with E-state index in [2.05, 4.69) is 6.58 Å². The van der Waals surface area contributed by atoms with Crippen molar-refractivity contribution in [2.24, 2.45) is 0 Å². The van der Waals surface area contributed by atoms with Gasteiger partial charge < -0.3 is 9.64 Å². The summed E-state index contributed by atoms with van der Waals surface area (Å²) >= 11 is 0. The van der Waals surface area contributed by atoms with Crippen LogP contribution in [0.15, 0.2) is 41.8 Å². The van der Waals surface area contributed by atoms with E-state index in [1.807, 2.05) is 0 Å². The molecule has 1 amide bonds. The number of sulfone groups is 1. The third-order valence-corrected chi connectivity index (χ3v) is 5.69. The Balaban J connectivity index is 1.99. The van der Waals surface area contributed by atoms with Crippen LogP contribution in [0, 0.1) is 0 Å². The van der Waals surface area contributed by atoms with Gasteiger partial charge in [0, 0.05) is 19.5 Å². The van der Waals surface area contributed by atoms with Crippen LogP contribution in [0.5, 0.6) is 5.75 Å². The van der Waals surface area contributed by atoms with Crippen molar-refractivity contribution >= 4 is 15.7 Å². The molecular weight excluding hydrogens is 290 g/mol. The highest BCUT2D eigenvalue weighted by Crippen LogP contribution is 2.25. The van der Waals surface area contributed by atoms with Crippen LogP contribution in [0.4, 0.5) is 0 Å². The summed E-state index contributed by atoms with van der Waals surface area (Å²) in [6.07, 6.45) is 2.69. The van der Waals surface area contributed by atoms with E-state index in [9.17, 15) is 13.2 Å². The molecule has 114 valence electrons. The first-order chi connectivity index (χ1) is 9.98. The quantitative estimate of drug-likeness (QED) is 0.750. The van der Waals surface area contributed by atoms with E-state index in [1.54, 1.807) is 23.1 Å². The topological polar surface area (TPSA) is 63.7 Å². The minimum absolute atomic E-state index is 0.0175. The molecule has 0 aromatic heterocycles. The van der Waals surface area contributed by atoms with Gasteiger partial charge in [0.15, 0.2) is 9.84 Å². The van der Waals surface area contributed by atoms with E-state index in [0.717, 1.165) is 0 Å². The standard InChI is InChI=1S/C15H19NO4S/c1-3-4-5-15(17)16-10-14(11-16)21(18,19)13-8-6-12(20-2)7-9-13/h3,6-9,14H,1,4-5,10-11H2,2H3. The summed E-state index contributed by atoms with van der Waals surface area (Å²) in [4.78, 5) is 13.6. The van der Waals surface area contributed by atoms with Crippen LogP contribution in [-0.2, 0) is 14.6 Å². The van der Waals surface area contributed by atoms with Crippen LogP contribution in [0.25, 0.3) is 0 Å². The van der Waals surface area contributed by atoms with Gasteiger partial charge in [-0.25, -0.2) is 8.42 Å². The van der Waals surface area contributed by atoms with Crippen LogP contribution in [0.2, 0.25) is 0 Å². The van der Waals surface area contributed by atoms with Gasteiger partial charge in [0.2, 0.25) is 5.91 Å². The molecule has 6 heteroatoms. The molecule has 0 N–H and O–H groups in total. The van der Waals surface area contributed by atoms with Gasteiger partial charge in [0.1, 0.15) is 11.0 Å². The number of carbonyl (C=O) groups is 1. The molecular formula is C15H19NO4S. The van der Waals surface area contributed by atoms with Crippen LogP contribution in [-0.4, -0.2) is 44.7 Å². The molecule has 1 aliphatic rings. The maximum atomic E-state index is 12.4. The van der Waals surface area contributed by atoms with Crippen molar-refractivity contribution in [2.75, 3.05) is 20.2 Å². The first-order valence-electron chi connectivity index (χ1n) is 6.75. The van der Waals surface area contributed by atoms with Crippen molar-refractivity contribution in [3.05, 3.63) is 36.9 Å². The molecule has 1 aliphatic heterocycles. The normalized spacial score (nSPS) is 15.4. The van der Waals surface area contributed by atoms with Gasteiger partial charge in [-0.05, 0) is 30.7 Å². The molecule has 0 unspecified atom stereocenters. The van der Waals surface area contributed by atoms with Crippen LogP contribution >= 0.6 is 0 Å². The first kappa shape index (κ1) is 15.6. The third-order valence-electron chi connectivity index (χ3n) is 3.59. The van der Waals surface area contributed by atoms with Crippen molar-refractivity contribution in [3.63, 3.8) is 0 Å². The fourth-order valence-corrected chi connectivity index (χ4v) is 3.83. The van der Waals surface area contributed by atoms with Crippen LogP contribution in [0.3, 0.4) is 0 Å². The third kappa shape index (κ3) is 3.26. The number of carbonyl (C=O) groups excluding carboxylic acids is 1. The number of rotatable bonds is 6. The Hall–Kier alpha value is -1.82. The summed E-state index contributed by atoms with van der Waals surface area (Å²) in [5, 5.41) is -0.515. The number of methoxy groups -OCH3 is 1. The predicted octanol–water partition coefficient (Wildman–Crippen LogP) is 1.65. The van der Waals surface area contributed by atoms with Gasteiger partial charge in [0.25, 0.3) is 0 Å². The lowest BCUT2D eigenvalue weighted by Gasteiger charge is -2.38. The number of allylic oxidation sites excluding steroid dienone is 1. The fraction of sp³-hybridized carbons (Fsp3) is 0.400. The number of amides is 1. The second kappa shape index (κ2) is 6.30. The van der Waals surface area contributed by atoms with Gasteiger partial charge in [-0.3, -0.25) is 4.79 Å². The summed E-state index contributed by atoms with van der Waals surface area (Å²) in [5.41, 5.74) is 0. The summed E-state index contributed by atoms with van der Waals surface area (Å²) in [6, 6.07) is 6.32. The SMILES string of the molecule is C=CCCC(=O)N1CC(S(=O)(=O)c2ccc(OC)cc2)C1. The number of benzene rings is 1. The van der Waals surface area contributed by atoms with Crippen molar-refractivity contribution in [1.29, 1.82) is 0 Å². The molecule has 0 aliphatic carbocycles. The number of hydrogen-bond acceptors (Lipinski definition) is 4. The summed E-state index contributed by atoms with van der Waals surface area (Å²) in [6.45, 7) is 4.10. The largest absolute Gasteiger partial charge is 0.497 e. The molecule has 1 aromatic carbocycles. The average molecular weight is 309 g/mol. The number of ether oxygens (including phenoxy) is 1. The molecule has 0 spiro atoms. The minimum atomic E-state index is -3.38. The van der Waals surface area contributed by atoms with Gasteiger partial charge in [-0.1, -0.05) is 6.08 Å². The average Bonchev–Trinajstić information content (AvgIpc) is 2.43. The minimum Gasteiger partial charge on any atom is -0.497 e. The van der Waals surface area contributed by atoms with E-state index in [1.165, 1.54) is 19.2 Å². The van der Waals surface area contributed by atoms with Gasteiger partial charge in [0.05, 0.1) is 12.0 Å². The van der Waals surface area contributed by atoms with Crippen molar-refractivity contribution in [1.82, 2.24) is 4.90 Å². The highest BCUT2D eigenvalue weighted by Gasteiger charge is 2.40. The van der Waals surface area contributed by atoms with Gasteiger partial charge >= 0.3 is 0 Å². The zero-order valence-corrected chi connectivity index (χ0v) is 12.8. The smallest absolute Gasteiger partial charge is 0.222 e. The molecule has 0 saturated carbocycles. The molecule has 1 heterocycles. The first-order valence-corrected chi connectivity index (χ1v) is 8.30. The van der Waals surface area contributed by atoms with E-state index >= 15 is 0 Å². The van der Waals surface area contributed by atoms with E-state index < -0.39 is 15.1 Å². The lowest BCUT2D eigenvalue weighted by atomic mass is 10.2. The maximum Gasteiger partial charge on any atom is 0.222 e. The Bertz CT molecular complexity index is 616. The summed E-state index contributed by atoms with van der Waals surface area (Å²) in [5.74, 6) is 0.597. The summed E-state index contributed by atoms with van der Waals surface area (Å²) in [7, 11) is -1.85. The lowest BCUT2D eigenvalue weighted by molar-refractivity contribution is -0.134. The van der Waals surface area contributed by atoms with Crippen molar-refractivity contribution < 1.29 is 17.9 Å². The zero-order valence-electron chi connectivity index (χ0n) is 12.0. The van der Waals surface area contributed by atoms with E-state index in [0.29, 0.717) is 18.6 Å². The Morgan fingerprint density at radius 1 is 1.38 bits per heavy atom. The number of nitrogens with zero attached hydrogens (tertiary/aromatic N) is 1. The molecule has 0 bridgehead atoms. The molecule has 0 atom stereocenters. The number of hydrogen-bond donors (Lipinski definition) is 0. The molecule has 1 fully saturated rings. The zero-order chi connectivity index (χ0) is 15.5. The van der Waals surface area contributed by atoms with Gasteiger partial charge in [-0.15, -0.1) is 6.58 Å². The molecule has 0 radical (unpaired) electrons. The molecule has 2 rings (SSSR count). The van der Waals surface area contributed by atoms with Crippen molar-refractivity contribution in [2.45, 2.75) is 23.0 Å². The molecule has 1 aromatic rings. The number of likely N-dealkylation sites (tertiary alicyclic amines) is 1. The molecule has 21 heavy (non-hydrogen) atoms. The molecule has 1 saturated heterocycles. The van der Waals surface area contributed by atoms with E-state index in [-0.39, 0.29) is 23.9 Å².